The maximum atomic E-state index is 13.3. The van der Waals surface area contributed by atoms with E-state index in [9.17, 15) is 14.0 Å². The van der Waals surface area contributed by atoms with Crippen LogP contribution in [0, 0.1) is 11.7 Å². The maximum Gasteiger partial charge on any atom is 0.258 e. The molecule has 3 rings (SSSR count). The molecule has 1 unspecified atom stereocenters. The highest BCUT2D eigenvalue weighted by atomic mass is 35.5. The summed E-state index contributed by atoms with van der Waals surface area (Å²) in [6.07, 6.45) is 3.97. The second-order valence-corrected chi connectivity index (χ2v) is 7.05. The smallest absolute Gasteiger partial charge is 0.258 e. The van der Waals surface area contributed by atoms with Crippen LogP contribution in [0.15, 0.2) is 18.2 Å². The molecule has 25 heavy (non-hydrogen) atoms. The fraction of sp³-hybridized carbons (Fsp3) is 0.556. The first-order valence-electron chi connectivity index (χ1n) is 8.53. The molecule has 7 heteroatoms. The number of carbonyl (C=O) groups excluding carboxylic acids is 2. The van der Waals surface area contributed by atoms with Gasteiger partial charge in [-0.25, -0.2) is 4.39 Å². The Morgan fingerprint density at radius 3 is 2.64 bits per heavy atom. The Morgan fingerprint density at radius 1 is 1.28 bits per heavy atom. The third-order valence-electron chi connectivity index (χ3n) is 4.66. The highest BCUT2D eigenvalue weighted by Crippen LogP contribution is 2.29. The summed E-state index contributed by atoms with van der Waals surface area (Å²) in [7, 11) is 0. The largest absolute Gasteiger partial charge is 0.484 e. The number of rotatable bonds is 7. The van der Waals surface area contributed by atoms with Crippen molar-refractivity contribution in [3.8, 4) is 5.75 Å². The lowest BCUT2D eigenvalue weighted by Crippen LogP contribution is -2.40. The molecule has 0 aromatic heterocycles. The van der Waals surface area contributed by atoms with E-state index in [0.29, 0.717) is 18.9 Å². The molecule has 2 aliphatic rings. The second kappa shape index (κ2) is 8.15. The van der Waals surface area contributed by atoms with Crippen LogP contribution in [0.2, 0.25) is 5.02 Å². The van der Waals surface area contributed by atoms with Crippen LogP contribution in [-0.2, 0) is 14.3 Å². The molecule has 1 aromatic rings. The van der Waals surface area contributed by atoms with Crippen molar-refractivity contribution in [1.82, 2.24) is 5.32 Å². The van der Waals surface area contributed by atoms with Gasteiger partial charge in [-0.15, -0.1) is 0 Å². The lowest BCUT2D eigenvalue weighted by Gasteiger charge is -2.28. The molecule has 0 bridgehead atoms. The molecule has 1 aromatic carbocycles. The fourth-order valence-electron chi connectivity index (χ4n) is 3.15. The second-order valence-electron chi connectivity index (χ2n) is 6.64. The zero-order chi connectivity index (χ0) is 17.8. The molecular formula is C18H21ClFNO4. The van der Waals surface area contributed by atoms with E-state index >= 15 is 0 Å². The predicted octanol–water partition coefficient (Wildman–Crippen LogP) is 2.89. The number of hydrogen-bond acceptors (Lipinski definition) is 4. The number of epoxide rings is 1. The average molecular weight is 370 g/mol. The number of halogens is 2. The summed E-state index contributed by atoms with van der Waals surface area (Å²) < 4.78 is 23.6. The Balaban J connectivity index is 1.35. The third kappa shape index (κ3) is 5.41. The van der Waals surface area contributed by atoms with Crippen molar-refractivity contribution in [3.05, 3.63) is 29.0 Å². The Morgan fingerprint density at radius 2 is 2.00 bits per heavy atom. The number of nitrogens with one attached hydrogen (secondary N) is 1. The average Bonchev–Trinajstić information content (AvgIpc) is 3.43. The van der Waals surface area contributed by atoms with Crippen LogP contribution >= 0.6 is 11.6 Å². The zero-order valence-electron chi connectivity index (χ0n) is 13.8. The van der Waals surface area contributed by atoms with Gasteiger partial charge in [-0.05, 0) is 43.7 Å². The molecule has 0 spiro atoms. The molecule has 2 fully saturated rings. The van der Waals surface area contributed by atoms with Gasteiger partial charge in [0.15, 0.2) is 12.4 Å². The van der Waals surface area contributed by atoms with Crippen LogP contribution in [-0.4, -0.2) is 37.0 Å². The topological polar surface area (TPSA) is 67.9 Å². The van der Waals surface area contributed by atoms with E-state index in [-0.39, 0.29) is 41.2 Å². The minimum atomic E-state index is -0.580. The Kier molecular flexibility index (Phi) is 5.91. The van der Waals surface area contributed by atoms with Gasteiger partial charge in [0.25, 0.3) is 5.91 Å². The number of ketones is 1. The highest BCUT2D eigenvalue weighted by Gasteiger charge is 2.33. The molecule has 1 saturated carbocycles. The summed E-state index contributed by atoms with van der Waals surface area (Å²) in [5.74, 6) is 0.0427. The van der Waals surface area contributed by atoms with Gasteiger partial charge in [0.05, 0.1) is 11.6 Å². The summed E-state index contributed by atoms with van der Waals surface area (Å²) in [6.45, 7) is 0.403. The molecule has 1 heterocycles. The molecule has 1 aliphatic heterocycles. The standard InChI is InChI=1S/C18H21ClFNO4/c19-14-6-5-13(8-15(14)20)24-10-18(23)21-12-3-1-11(2-4-12)7-16(22)17-9-25-17/h5-6,8,11-12,17H,1-4,7,9-10H2,(H,21,23). The molecule has 1 amide bonds. The van der Waals surface area contributed by atoms with Crippen LogP contribution in [0.3, 0.4) is 0 Å². The van der Waals surface area contributed by atoms with E-state index in [1.54, 1.807) is 0 Å². The van der Waals surface area contributed by atoms with Gasteiger partial charge in [0, 0.05) is 18.5 Å². The number of carbonyl (C=O) groups is 2. The monoisotopic (exact) mass is 369 g/mol. The van der Waals surface area contributed by atoms with Gasteiger partial charge in [-0.3, -0.25) is 9.59 Å². The summed E-state index contributed by atoms with van der Waals surface area (Å²) in [5.41, 5.74) is 0. The predicted molar refractivity (Wildman–Crippen MR) is 90.2 cm³/mol. The fourth-order valence-corrected chi connectivity index (χ4v) is 3.26. The van der Waals surface area contributed by atoms with Gasteiger partial charge in [-0.1, -0.05) is 11.6 Å². The van der Waals surface area contributed by atoms with Crippen LogP contribution in [0.25, 0.3) is 0 Å². The van der Waals surface area contributed by atoms with Gasteiger partial charge in [-0.2, -0.15) is 0 Å². The van der Waals surface area contributed by atoms with Crippen molar-refractivity contribution in [2.75, 3.05) is 13.2 Å². The van der Waals surface area contributed by atoms with Gasteiger partial charge in [0.1, 0.15) is 17.7 Å². The first-order chi connectivity index (χ1) is 12.0. The van der Waals surface area contributed by atoms with E-state index in [2.05, 4.69) is 5.32 Å². The van der Waals surface area contributed by atoms with Crippen LogP contribution in [0.5, 0.6) is 5.75 Å². The normalized spacial score (nSPS) is 25.3. The number of Topliss-reactive ketones (excluding diaryl/α,β-unsaturated/α-hetero) is 1. The van der Waals surface area contributed by atoms with E-state index in [1.807, 2.05) is 0 Å². The number of amides is 1. The zero-order valence-corrected chi connectivity index (χ0v) is 14.6. The van der Waals surface area contributed by atoms with E-state index in [0.717, 1.165) is 31.7 Å². The van der Waals surface area contributed by atoms with Crippen molar-refractivity contribution in [2.24, 2.45) is 5.92 Å². The van der Waals surface area contributed by atoms with Gasteiger partial charge >= 0.3 is 0 Å². The summed E-state index contributed by atoms with van der Waals surface area (Å²) >= 11 is 5.60. The molecule has 1 N–H and O–H groups in total. The van der Waals surface area contributed by atoms with Crippen molar-refractivity contribution in [2.45, 2.75) is 44.2 Å². The van der Waals surface area contributed by atoms with Crippen molar-refractivity contribution in [1.29, 1.82) is 0 Å². The Hall–Kier alpha value is -1.66. The van der Waals surface area contributed by atoms with Crippen molar-refractivity contribution < 1.29 is 23.5 Å². The number of hydrogen-bond donors (Lipinski definition) is 1. The molecule has 1 saturated heterocycles. The maximum absolute atomic E-state index is 13.3. The summed E-state index contributed by atoms with van der Waals surface area (Å²) in [4.78, 5) is 23.7. The molecule has 5 nitrogen and oxygen atoms in total. The molecule has 136 valence electrons. The van der Waals surface area contributed by atoms with Gasteiger partial charge in [0.2, 0.25) is 0 Å². The van der Waals surface area contributed by atoms with E-state index < -0.39 is 5.82 Å². The lowest BCUT2D eigenvalue weighted by molar-refractivity contribution is -0.124. The summed E-state index contributed by atoms with van der Waals surface area (Å²) in [5, 5.41) is 2.94. The highest BCUT2D eigenvalue weighted by molar-refractivity contribution is 6.30. The van der Waals surface area contributed by atoms with Gasteiger partial charge < -0.3 is 14.8 Å². The van der Waals surface area contributed by atoms with Crippen LogP contribution in [0.4, 0.5) is 4.39 Å². The van der Waals surface area contributed by atoms with Crippen LogP contribution < -0.4 is 10.1 Å². The third-order valence-corrected chi connectivity index (χ3v) is 4.96. The molecule has 1 atom stereocenters. The van der Waals surface area contributed by atoms with Crippen LogP contribution in [0.1, 0.15) is 32.1 Å². The number of benzene rings is 1. The minimum Gasteiger partial charge on any atom is -0.484 e. The quantitative estimate of drug-likeness (QED) is 0.750. The SMILES string of the molecule is O=C(COc1ccc(Cl)c(F)c1)NC1CCC(CC(=O)C2CO2)CC1. The molecular weight excluding hydrogens is 349 g/mol. The number of ether oxygens (including phenoxy) is 2. The first-order valence-corrected chi connectivity index (χ1v) is 8.90. The van der Waals surface area contributed by atoms with Crippen molar-refractivity contribution in [3.63, 3.8) is 0 Å². The van der Waals surface area contributed by atoms with Crippen molar-refractivity contribution >= 4 is 23.3 Å². The lowest BCUT2D eigenvalue weighted by atomic mass is 9.83. The molecule has 0 radical (unpaired) electrons. The minimum absolute atomic E-state index is 0.0142. The van der Waals surface area contributed by atoms with E-state index in [4.69, 9.17) is 21.1 Å². The molecule has 1 aliphatic carbocycles. The Bertz CT molecular complexity index is 642. The summed E-state index contributed by atoms with van der Waals surface area (Å²) in [6, 6.07) is 4.16. The first kappa shape index (κ1) is 18.1. The Labute approximate surface area is 150 Å². The van der Waals surface area contributed by atoms with E-state index in [1.165, 1.54) is 12.1 Å².